The van der Waals surface area contributed by atoms with Gasteiger partial charge in [-0.1, -0.05) is 0 Å². The molecule has 70 valence electrons. The molecule has 0 saturated heterocycles. The molecule has 0 atom stereocenters. The summed E-state index contributed by atoms with van der Waals surface area (Å²) in [6.45, 7) is 0. The summed E-state index contributed by atoms with van der Waals surface area (Å²) in [4.78, 5) is 10.7. The zero-order valence-electron chi connectivity index (χ0n) is 6.21. The van der Waals surface area contributed by atoms with E-state index in [0.29, 0.717) is 12.1 Å². The van der Waals surface area contributed by atoms with Gasteiger partial charge >= 0.3 is 0 Å². The first-order chi connectivity index (χ1) is 6.06. The van der Waals surface area contributed by atoms with E-state index in [1.165, 1.54) is 0 Å². The third-order valence-electron chi connectivity index (χ3n) is 1.37. The fourth-order valence-electron chi connectivity index (χ4n) is 0.799. The predicted octanol–water partition coefficient (Wildman–Crippen LogP) is 0.789. The van der Waals surface area contributed by atoms with Gasteiger partial charge in [0.25, 0.3) is 5.91 Å². The number of rotatable bonds is 1. The van der Waals surface area contributed by atoms with Crippen molar-refractivity contribution < 1.29 is 23.9 Å². The first-order valence-electron chi connectivity index (χ1n) is 3.18. The molecule has 1 amide bonds. The summed E-state index contributed by atoms with van der Waals surface area (Å²) >= 11 is 0. The van der Waals surface area contributed by atoms with Crippen molar-refractivity contribution in [3.63, 3.8) is 0 Å². The molecule has 0 spiro atoms. The smallest absolute Gasteiger partial charge is 0.278 e. The van der Waals surface area contributed by atoms with E-state index in [-0.39, 0.29) is 0 Å². The Bertz CT molecular complexity index is 354. The number of phenols is 1. The van der Waals surface area contributed by atoms with Crippen LogP contribution in [0.1, 0.15) is 10.4 Å². The molecule has 6 heteroatoms. The molecule has 1 rings (SSSR count). The van der Waals surface area contributed by atoms with Crippen LogP contribution in [-0.2, 0) is 0 Å². The molecule has 0 radical (unpaired) electrons. The second-order valence-electron chi connectivity index (χ2n) is 2.22. The van der Waals surface area contributed by atoms with Crippen molar-refractivity contribution in [2.75, 3.05) is 0 Å². The van der Waals surface area contributed by atoms with Gasteiger partial charge in [0, 0.05) is 6.07 Å². The van der Waals surface area contributed by atoms with E-state index in [2.05, 4.69) is 0 Å². The lowest BCUT2D eigenvalue weighted by Gasteiger charge is -2.02. The lowest BCUT2D eigenvalue weighted by atomic mass is 10.2. The average molecular weight is 189 g/mol. The van der Waals surface area contributed by atoms with E-state index in [4.69, 9.17) is 10.3 Å². The number of aromatic hydroxyl groups is 1. The molecule has 1 aromatic carbocycles. The molecule has 3 N–H and O–H groups in total. The number of amides is 1. The predicted molar refractivity (Wildman–Crippen MR) is 37.3 cm³/mol. The van der Waals surface area contributed by atoms with Crippen molar-refractivity contribution >= 4 is 5.91 Å². The molecule has 0 heterocycles. The third kappa shape index (κ3) is 1.73. The number of nitrogens with one attached hydrogen (secondary N) is 1. The third-order valence-corrected chi connectivity index (χ3v) is 1.37. The van der Waals surface area contributed by atoms with Crippen LogP contribution in [0.25, 0.3) is 0 Å². The van der Waals surface area contributed by atoms with E-state index in [9.17, 15) is 13.6 Å². The molecule has 0 aliphatic rings. The molecule has 0 saturated carbocycles. The number of hydrogen-bond donors (Lipinski definition) is 3. The van der Waals surface area contributed by atoms with Gasteiger partial charge in [-0.2, -0.15) is 0 Å². The van der Waals surface area contributed by atoms with Crippen LogP contribution in [0.15, 0.2) is 12.1 Å². The first kappa shape index (κ1) is 9.40. The molecule has 0 unspecified atom stereocenters. The maximum atomic E-state index is 12.6. The van der Waals surface area contributed by atoms with Gasteiger partial charge in [-0.25, -0.2) is 14.3 Å². The normalized spacial score (nSPS) is 9.77. The molecule has 4 nitrogen and oxygen atoms in total. The van der Waals surface area contributed by atoms with Crippen LogP contribution in [0.4, 0.5) is 8.78 Å². The second-order valence-corrected chi connectivity index (χ2v) is 2.22. The maximum absolute atomic E-state index is 12.6. The van der Waals surface area contributed by atoms with Gasteiger partial charge in [-0.3, -0.25) is 10.0 Å². The fraction of sp³-hybridized carbons (Fsp3) is 0. The van der Waals surface area contributed by atoms with Crippen LogP contribution >= 0.6 is 0 Å². The van der Waals surface area contributed by atoms with Crippen LogP contribution in [0.2, 0.25) is 0 Å². The van der Waals surface area contributed by atoms with Gasteiger partial charge < -0.3 is 5.11 Å². The number of benzene rings is 1. The molecular formula is C7H5F2NO3. The summed E-state index contributed by atoms with van der Waals surface area (Å²) in [5, 5.41) is 17.0. The number of phenolic OH excluding ortho intramolecular Hbond substituents is 1. The van der Waals surface area contributed by atoms with Crippen LogP contribution in [-0.4, -0.2) is 16.2 Å². The average Bonchev–Trinajstić information content (AvgIpc) is 2.10. The van der Waals surface area contributed by atoms with Crippen molar-refractivity contribution in [2.24, 2.45) is 0 Å². The van der Waals surface area contributed by atoms with Crippen LogP contribution in [0.5, 0.6) is 5.75 Å². The Kier molecular flexibility index (Phi) is 2.43. The minimum atomic E-state index is -1.27. The van der Waals surface area contributed by atoms with E-state index in [0.717, 1.165) is 5.48 Å². The summed E-state index contributed by atoms with van der Waals surface area (Å²) in [6.07, 6.45) is 0. The Balaban J connectivity index is 3.28. The topological polar surface area (TPSA) is 69.6 Å². The van der Waals surface area contributed by atoms with Gasteiger partial charge in [0.05, 0.1) is 5.56 Å². The highest BCUT2D eigenvalue weighted by atomic mass is 19.1. The van der Waals surface area contributed by atoms with E-state index < -0.39 is 28.9 Å². The largest absolute Gasteiger partial charge is 0.504 e. The first-order valence-corrected chi connectivity index (χ1v) is 3.18. The summed E-state index contributed by atoms with van der Waals surface area (Å²) < 4.78 is 25.1. The highest BCUT2D eigenvalue weighted by Gasteiger charge is 2.15. The highest BCUT2D eigenvalue weighted by molar-refractivity contribution is 5.96. The summed E-state index contributed by atoms with van der Waals surface area (Å²) in [5.41, 5.74) is 0.478. The van der Waals surface area contributed by atoms with E-state index >= 15 is 0 Å². The van der Waals surface area contributed by atoms with Gasteiger partial charge in [0.2, 0.25) is 0 Å². The summed E-state index contributed by atoms with van der Waals surface area (Å²) in [7, 11) is 0. The summed E-state index contributed by atoms with van der Waals surface area (Å²) in [6, 6.07) is 1.02. The highest BCUT2D eigenvalue weighted by Crippen LogP contribution is 2.22. The van der Waals surface area contributed by atoms with E-state index in [1.54, 1.807) is 0 Å². The SMILES string of the molecule is O=C(NO)c1cc(F)cc(F)c1O. The Labute approximate surface area is 71.4 Å². The fourth-order valence-corrected chi connectivity index (χ4v) is 0.799. The van der Waals surface area contributed by atoms with Gasteiger partial charge in [-0.15, -0.1) is 0 Å². The quantitative estimate of drug-likeness (QED) is 0.451. The number of hydroxylamine groups is 1. The lowest BCUT2D eigenvalue weighted by Crippen LogP contribution is -2.19. The lowest BCUT2D eigenvalue weighted by molar-refractivity contribution is 0.0702. The molecule has 0 aliphatic heterocycles. The van der Waals surface area contributed by atoms with Crippen molar-refractivity contribution in [1.82, 2.24) is 5.48 Å². The molecule has 0 aliphatic carbocycles. The molecule has 0 fully saturated rings. The van der Waals surface area contributed by atoms with Crippen molar-refractivity contribution in [2.45, 2.75) is 0 Å². The number of hydrogen-bond acceptors (Lipinski definition) is 3. The van der Waals surface area contributed by atoms with E-state index in [1.807, 2.05) is 0 Å². The van der Waals surface area contributed by atoms with Gasteiger partial charge in [0.1, 0.15) is 5.82 Å². The molecule has 1 aromatic rings. The minimum Gasteiger partial charge on any atom is -0.504 e. The molecule has 13 heavy (non-hydrogen) atoms. The zero-order chi connectivity index (χ0) is 10.0. The second kappa shape index (κ2) is 3.36. The Morgan fingerprint density at radius 1 is 1.38 bits per heavy atom. The van der Waals surface area contributed by atoms with Crippen molar-refractivity contribution in [3.05, 3.63) is 29.3 Å². The zero-order valence-corrected chi connectivity index (χ0v) is 6.21. The van der Waals surface area contributed by atoms with Crippen molar-refractivity contribution in [3.8, 4) is 5.75 Å². The minimum absolute atomic E-state index is 0.420. The number of carbonyl (C=O) groups excluding carboxylic acids is 1. The molecule has 0 aromatic heterocycles. The van der Waals surface area contributed by atoms with Gasteiger partial charge in [0.15, 0.2) is 11.6 Å². The summed E-state index contributed by atoms with van der Waals surface area (Å²) in [5.74, 6) is -4.48. The van der Waals surface area contributed by atoms with Crippen LogP contribution < -0.4 is 5.48 Å². The van der Waals surface area contributed by atoms with Crippen LogP contribution in [0.3, 0.4) is 0 Å². The standard InChI is InChI=1S/C7H5F2NO3/c8-3-1-4(7(12)10-13)6(11)5(9)2-3/h1-2,11,13H,(H,10,12). The monoisotopic (exact) mass is 189 g/mol. The number of carbonyl (C=O) groups is 1. The molecular weight excluding hydrogens is 184 g/mol. The number of halogens is 2. The molecule has 0 bridgehead atoms. The van der Waals surface area contributed by atoms with Crippen molar-refractivity contribution in [1.29, 1.82) is 0 Å². The maximum Gasteiger partial charge on any atom is 0.278 e. The Morgan fingerprint density at radius 3 is 2.54 bits per heavy atom. The van der Waals surface area contributed by atoms with Gasteiger partial charge in [-0.05, 0) is 6.07 Å². The Morgan fingerprint density at radius 2 is 2.00 bits per heavy atom. The van der Waals surface area contributed by atoms with Crippen LogP contribution in [0, 0.1) is 11.6 Å². The Hall–Kier alpha value is -1.69.